The molecule has 4 heteroatoms. The highest BCUT2D eigenvalue weighted by molar-refractivity contribution is 5.91. The van der Waals surface area contributed by atoms with Crippen LogP contribution in [0.4, 0.5) is 0 Å². The lowest BCUT2D eigenvalue weighted by Crippen LogP contribution is -2.61. The Hall–Kier alpha value is -1.15. The molecule has 2 N–H and O–H groups in total. The molecular weight excluding hydrogens is 328 g/mol. The van der Waals surface area contributed by atoms with E-state index >= 15 is 0 Å². The first kappa shape index (κ1) is 17.0. The van der Waals surface area contributed by atoms with E-state index in [0.717, 1.165) is 37.9 Å². The van der Waals surface area contributed by atoms with Crippen molar-refractivity contribution >= 4 is 5.78 Å². The quantitative estimate of drug-likeness (QED) is 0.558. The van der Waals surface area contributed by atoms with Crippen molar-refractivity contribution < 1.29 is 19.7 Å². The van der Waals surface area contributed by atoms with Gasteiger partial charge in [0.2, 0.25) is 0 Å². The molecule has 4 fully saturated rings. The van der Waals surface area contributed by atoms with Crippen LogP contribution in [0.25, 0.3) is 0 Å². The van der Waals surface area contributed by atoms with Crippen molar-refractivity contribution in [1.29, 1.82) is 0 Å². The largest absolute Gasteiger partial charge is 0.389 e. The minimum atomic E-state index is -1.07. The molecule has 1 spiro atoms. The molecule has 0 bridgehead atoms. The van der Waals surface area contributed by atoms with Crippen LogP contribution < -0.4 is 0 Å². The monoisotopic (exact) mass is 356 g/mol. The van der Waals surface area contributed by atoms with Gasteiger partial charge in [0.1, 0.15) is 5.60 Å². The summed E-state index contributed by atoms with van der Waals surface area (Å²) in [5.74, 6) is 4.09. The van der Waals surface area contributed by atoms with Gasteiger partial charge < -0.3 is 14.9 Å². The van der Waals surface area contributed by atoms with Gasteiger partial charge in [-0.25, -0.2) is 0 Å². The van der Waals surface area contributed by atoms with Gasteiger partial charge in [-0.3, -0.25) is 4.79 Å². The Bertz CT molecular complexity index is 729. The lowest BCUT2D eigenvalue weighted by atomic mass is 9.46. The Morgan fingerprint density at radius 2 is 2.19 bits per heavy atom. The number of carbonyl (C=O) groups excluding carboxylic acids is 1. The van der Waals surface area contributed by atoms with Gasteiger partial charge in [-0.1, -0.05) is 12.8 Å². The van der Waals surface area contributed by atoms with Crippen molar-refractivity contribution in [2.24, 2.45) is 29.1 Å². The zero-order valence-corrected chi connectivity index (χ0v) is 15.4. The fraction of sp³-hybridized carbons (Fsp3) is 0.773. The SMILES string of the molecule is C#C[C@]1(O)CC[C@H]2[C@@H]3C[C@@H](O)C4=CC(=O)CC[C@@H]4[C@H]3C3(CO3)C[C@@]21CC. The van der Waals surface area contributed by atoms with Crippen LogP contribution in [0.2, 0.25) is 0 Å². The van der Waals surface area contributed by atoms with Crippen LogP contribution in [0.1, 0.15) is 51.9 Å². The van der Waals surface area contributed by atoms with Crippen LogP contribution in [0.3, 0.4) is 0 Å². The van der Waals surface area contributed by atoms with Gasteiger partial charge in [0.25, 0.3) is 0 Å². The van der Waals surface area contributed by atoms with Crippen LogP contribution in [0, 0.1) is 41.4 Å². The Morgan fingerprint density at radius 1 is 1.42 bits per heavy atom. The first-order valence-corrected chi connectivity index (χ1v) is 10.2. The molecule has 140 valence electrons. The van der Waals surface area contributed by atoms with Crippen LogP contribution in [0.5, 0.6) is 0 Å². The highest BCUT2D eigenvalue weighted by atomic mass is 16.6. The van der Waals surface area contributed by atoms with E-state index in [2.05, 4.69) is 12.8 Å². The minimum absolute atomic E-state index is 0.140. The molecule has 0 aromatic carbocycles. The highest BCUT2D eigenvalue weighted by Crippen LogP contribution is 2.71. The molecule has 8 atom stereocenters. The Morgan fingerprint density at radius 3 is 2.85 bits per heavy atom. The molecule has 1 aliphatic heterocycles. The topological polar surface area (TPSA) is 70.1 Å². The molecule has 0 amide bonds. The number of epoxide rings is 1. The molecule has 5 aliphatic rings. The summed E-state index contributed by atoms with van der Waals surface area (Å²) in [5.41, 5.74) is -0.673. The van der Waals surface area contributed by atoms with Crippen molar-refractivity contribution in [3.63, 3.8) is 0 Å². The fourth-order valence-electron chi connectivity index (χ4n) is 7.60. The molecule has 0 aromatic rings. The summed E-state index contributed by atoms with van der Waals surface area (Å²) in [4.78, 5) is 11.9. The third kappa shape index (κ3) is 1.90. The average molecular weight is 356 g/mol. The van der Waals surface area contributed by atoms with E-state index in [1.807, 2.05) is 0 Å². The summed E-state index contributed by atoms with van der Waals surface area (Å²) in [7, 11) is 0. The van der Waals surface area contributed by atoms with Gasteiger partial charge in [-0.15, -0.1) is 6.42 Å². The molecule has 4 nitrogen and oxygen atoms in total. The second kappa shape index (κ2) is 5.22. The first-order valence-electron chi connectivity index (χ1n) is 10.2. The highest BCUT2D eigenvalue weighted by Gasteiger charge is 2.73. The molecule has 1 heterocycles. The fourth-order valence-corrected chi connectivity index (χ4v) is 7.60. The maximum atomic E-state index is 11.9. The predicted octanol–water partition coefficient (Wildman–Crippen LogP) is 2.23. The number of aliphatic hydroxyl groups is 2. The van der Waals surface area contributed by atoms with Crippen LogP contribution >= 0.6 is 0 Å². The summed E-state index contributed by atoms with van der Waals surface area (Å²) in [5, 5.41) is 22.2. The number of ketones is 1. The van der Waals surface area contributed by atoms with E-state index in [9.17, 15) is 15.0 Å². The van der Waals surface area contributed by atoms with Gasteiger partial charge in [0.15, 0.2) is 5.78 Å². The van der Waals surface area contributed by atoms with E-state index in [1.165, 1.54) is 0 Å². The maximum absolute atomic E-state index is 11.9. The van der Waals surface area contributed by atoms with Crippen molar-refractivity contribution in [3.05, 3.63) is 11.6 Å². The van der Waals surface area contributed by atoms with Gasteiger partial charge in [0, 0.05) is 17.8 Å². The molecule has 1 saturated heterocycles. The number of hydrogen-bond acceptors (Lipinski definition) is 4. The summed E-state index contributed by atoms with van der Waals surface area (Å²) in [6, 6.07) is 0. The maximum Gasteiger partial charge on any atom is 0.155 e. The van der Waals surface area contributed by atoms with Crippen LogP contribution in [-0.4, -0.2) is 39.9 Å². The van der Waals surface area contributed by atoms with E-state index in [-0.39, 0.29) is 22.7 Å². The number of rotatable bonds is 1. The Balaban J connectivity index is 1.61. The van der Waals surface area contributed by atoms with Gasteiger partial charge >= 0.3 is 0 Å². The van der Waals surface area contributed by atoms with Gasteiger partial charge in [-0.2, -0.15) is 0 Å². The average Bonchev–Trinajstić information content (AvgIpc) is 3.33. The third-order valence-electron chi connectivity index (χ3n) is 8.71. The standard InChI is InChI=1S/C22H28O4/c1-3-20-11-21(12-26-21)19-14-6-5-13(23)9-15(14)18(24)10-16(19)17(20)7-8-22(20,25)4-2/h2,9,14,16-19,24-25H,3,5-8,10-12H2,1H3/t14-,16-,17-,18+,19+,20-,21?,22-/m0/s1. The van der Waals surface area contributed by atoms with Gasteiger partial charge in [-0.05, 0) is 67.9 Å². The molecule has 1 unspecified atom stereocenters. The molecule has 26 heavy (non-hydrogen) atoms. The lowest BCUT2D eigenvalue weighted by Gasteiger charge is -2.59. The second-order valence-corrected chi connectivity index (χ2v) is 9.39. The summed E-state index contributed by atoms with van der Waals surface area (Å²) < 4.78 is 6.12. The number of carbonyl (C=O) groups is 1. The normalized spacial score (nSPS) is 54.8. The summed E-state index contributed by atoms with van der Waals surface area (Å²) in [6.45, 7) is 2.86. The van der Waals surface area contributed by atoms with Crippen LogP contribution in [-0.2, 0) is 9.53 Å². The van der Waals surface area contributed by atoms with Crippen molar-refractivity contribution in [2.45, 2.75) is 69.2 Å². The van der Waals surface area contributed by atoms with E-state index in [1.54, 1.807) is 6.08 Å². The van der Waals surface area contributed by atoms with Crippen molar-refractivity contribution in [1.82, 2.24) is 0 Å². The molecule has 0 aromatic heterocycles. The van der Waals surface area contributed by atoms with E-state index in [0.29, 0.717) is 37.0 Å². The molecule has 3 saturated carbocycles. The summed E-state index contributed by atoms with van der Waals surface area (Å²) >= 11 is 0. The number of terminal acetylenes is 1. The molecule has 4 aliphatic carbocycles. The number of aliphatic hydroxyl groups excluding tert-OH is 1. The molecule has 0 radical (unpaired) electrons. The van der Waals surface area contributed by atoms with Crippen LogP contribution in [0.15, 0.2) is 11.6 Å². The smallest absolute Gasteiger partial charge is 0.155 e. The van der Waals surface area contributed by atoms with Crippen molar-refractivity contribution in [2.75, 3.05) is 6.61 Å². The number of fused-ring (bicyclic) bond motifs is 6. The first-order chi connectivity index (χ1) is 12.4. The molecular formula is C22H28O4. The van der Waals surface area contributed by atoms with Gasteiger partial charge in [0.05, 0.1) is 18.3 Å². The molecule has 5 rings (SSSR count). The van der Waals surface area contributed by atoms with Crippen molar-refractivity contribution in [3.8, 4) is 12.3 Å². The lowest BCUT2D eigenvalue weighted by molar-refractivity contribution is -0.142. The zero-order chi connectivity index (χ0) is 18.3. The minimum Gasteiger partial charge on any atom is -0.389 e. The van der Waals surface area contributed by atoms with E-state index < -0.39 is 11.7 Å². The zero-order valence-electron chi connectivity index (χ0n) is 15.4. The Kier molecular flexibility index (Phi) is 3.41. The Labute approximate surface area is 155 Å². The van der Waals surface area contributed by atoms with E-state index in [4.69, 9.17) is 11.2 Å². The third-order valence-corrected chi connectivity index (χ3v) is 8.71. The predicted molar refractivity (Wildman–Crippen MR) is 95.9 cm³/mol. The second-order valence-electron chi connectivity index (χ2n) is 9.39. The number of ether oxygens (including phenoxy) is 1. The summed E-state index contributed by atoms with van der Waals surface area (Å²) in [6.07, 6.45) is 12.3. The number of hydrogen-bond donors (Lipinski definition) is 2.